The zero-order valence-corrected chi connectivity index (χ0v) is 11.4. The van der Waals surface area contributed by atoms with Crippen LogP contribution >= 0.6 is 11.3 Å². The van der Waals surface area contributed by atoms with Crippen LogP contribution in [-0.4, -0.2) is 22.5 Å². The number of rotatable bonds is 2. The van der Waals surface area contributed by atoms with Crippen molar-refractivity contribution in [3.05, 3.63) is 10.6 Å². The average Bonchev–Trinajstić information content (AvgIpc) is 2.42. The van der Waals surface area contributed by atoms with Crippen LogP contribution in [0.15, 0.2) is 0 Å². The Morgan fingerprint density at radius 2 is 1.94 bits per heavy atom. The minimum Gasteiger partial charge on any atom is -0.444 e. The van der Waals surface area contributed by atoms with E-state index in [1.807, 2.05) is 0 Å². The van der Waals surface area contributed by atoms with Gasteiger partial charge in [-0.05, 0) is 27.7 Å². The zero-order valence-electron chi connectivity index (χ0n) is 10.6. The van der Waals surface area contributed by atoms with E-state index in [0.29, 0.717) is 15.7 Å². The topological polar surface area (TPSA) is 68.3 Å². The lowest BCUT2D eigenvalue weighted by molar-refractivity contribution is 0.0635. The lowest BCUT2D eigenvalue weighted by Gasteiger charge is -2.18. The van der Waals surface area contributed by atoms with Crippen LogP contribution in [0.5, 0.6) is 0 Å². The first-order chi connectivity index (χ1) is 7.69. The highest BCUT2D eigenvalue weighted by atomic mass is 32.1. The number of nitrogens with one attached hydrogen (secondary N) is 1. The van der Waals surface area contributed by atoms with Crippen molar-refractivity contribution in [1.82, 2.24) is 4.98 Å². The number of ether oxygens (including phenoxy) is 1. The van der Waals surface area contributed by atoms with E-state index in [9.17, 15) is 9.59 Å². The largest absolute Gasteiger partial charge is 0.444 e. The van der Waals surface area contributed by atoms with Gasteiger partial charge in [0.25, 0.3) is 0 Å². The fourth-order valence-corrected chi connectivity index (χ4v) is 2.01. The number of thiazole rings is 1. The van der Waals surface area contributed by atoms with E-state index >= 15 is 0 Å². The van der Waals surface area contributed by atoms with Gasteiger partial charge in [0, 0.05) is 6.92 Å². The first-order valence-corrected chi connectivity index (χ1v) is 5.99. The van der Waals surface area contributed by atoms with Gasteiger partial charge in [0.15, 0.2) is 10.9 Å². The molecule has 94 valence electrons. The Hall–Kier alpha value is -1.43. The summed E-state index contributed by atoms with van der Waals surface area (Å²) in [5, 5.41) is 2.89. The van der Waals surface area contributed by atoms with Gasteiger partial charge in [-0.2, -0.15) is 0 Å². The average molecular weight is 256 g/mol. The second-order valence-corrected chi connectivity index (χ2v) is 5.62. The predicted octanol–water partition coefficient (Wildman–Crippen LogP) is 3.00. The Balaban J connectivity index is 2.73. The van der Waals surface area contributed by atoms with E-state index in [1.54, 1.807) is 27.7 Å². The molecule has 1 aromatic rings. The third-order valence-electron chi connectivity index (χ3n) is 1.72. The van der Waals surface area contributed by atoms with Crippen LogP contribution in [-0.2, 0) is 4.74 Å². The van der Waals surface area contributed by atoms with Gasteiger partial charge in [0.2, 0.25) is 0 Å². The Morgan fingerprint density at radius 3 is 2.35 bits per heavy atom. The molecule has 0 aliphatic heterocycles. The monoisotopic (exact) mass is 256 g/mol. The highest BCUT2D eigenvalue weighted by molar-refractivity contribution is 7.17. The van der Waals surface area contributed by atoms with Gasteiger partial charge in [0.1, 0.15) is 5.60 Å². The molecule has 0 spiro atoms. The SMILES string of the molecule is CC(=O)c1sc(NC(=O)OC(C)(C)C)nc1C. The minimum atomic E-state index is -0.568. The van der Waals surface area contributed by atoms with Crippen LogP contribution in [0.3, 0.4) is 0 Å². The van der Waals surface area contributed by atoms with Crippen molar-refractivity contribution in [2.24, 2.45) is 0 Å². The highest BCUT2D eigenvalue weighted by Gasteiger charge is 2.18. The minimum absolute atomic E-state index is 0.0581. The normalized spacial score (nSPS) is 11.1. The summed E-state index contributed by atoms with van der Waals surface area (Å²) in [6.07, 6.45) is -0.568. The maximum atomic E-state index is 11.5. The molecule has 1 amide bonds. The summed E-state index contributed by atoms with van der Waals surface area (Å²) in [5.74, 6) is -0.0581. The van der Waals surface area contributed by atoms with Crippen LogP contribution in [0.2, 0.25) is 0 Å². The van der Waals surface area contributed by atoms with Crippen LogP contribution in [0.4, 0.5) is 9.93 Å². The quantitative estimate of drug-likeness (QED) is 0.826. The third kappa shape index (κ3) is 4.14. The molecular formula is C11H16N2O3S. The van der Waals surface area contributed by atoms with Crippen molar-refractivity contribution in [2.75, 3.05) is 5.32 Å². The number of aromatic nitrogens is 1. The molecule has 1 N–H and O–H groups in total. The molecule has 0 unspecified atom stereocenters. The van der Waals surface area contributed by atoms with Gasteiger partial charge in [-0.15, -0.1) is 0 Å². The van der Waals surface area contributed by atoms with Gasteiger partial charge in [-0.3, -0.25) is 10.1 Å². The molecule has 0 saturated heterocycles. The summed E-state index contributed by atoms with van der Waals surface area (Å²) >= 11 is 1.15. The molecule has 1 aromatic heterocycles. The molecule has 0 aliphatic carbocycles. The van der Waals surface area contributed by atoms with Gasteiger partial charge in [0.05, 0.1) is 10.6 Å². The van der Waals surface area contributed by atoms with E-state index in [-0.39, 0.29) is 5.78 Å². The molecule has 1 heterocycles. The van der Waals surface area contributed by atoms with Gasteiger partial charge in [-0.25, -0.2) is 9.78 Å². The molecule has 0 bridgehead atoms. The molecule has 0 atom stereocenters. The Bertz CT molecular complexity index is 446. The Kier molecular flexibility index (Phi) is 3.87. The third-order valence-corrected chi connectivity index (χ3v) is 2.90. The molecule has 6 heteroatoms. The lowest BCUT2D eigenvalue weighted by Crippen LogP contribution is -2.27. The summed E-state index contributed by atoms with van der Waals surface area (Å²) in [6, 6.07) is 0. The fraction of sp³-hybridized carbons (Fsp3) is 0.545. The smallest absolute Gasteiger partial charge is 0.413 e. The van der Waals surface area contributed by atoms with Crippen molar-refractivity contribution in [3.8, 4) is 0 Å². The Labute approximate surface area is 104 Å². The maximum Gasteiger partial charge on any atom is 0.413 e. The first kappa shape index (κ1) is 13.6. The molecule has 1 rings (SSSR count). The summed E-state index contributed by atoms with van der Waals surface area (Å²) in [4.78, 5) is 27.3. The van der Waals surface area contributed by atoms with Gasteiger partial charge < -0.3 is 4.74 Å². The van der Waals surface area contributed by atoms with E-state index in [0.717, 1.165) is 11.3 Å². The second-order valence-electron chi connectivity index (χ2n) is 4.62. The van der Waals surface area contributed by atoms with Crippen molar-refractivity contribution < 1.29 is 14.3 Å². The zero-order chi connectivity index (χ0) is 13.2. The summed E-state index contributed by atoms with van der Waals surface area (Å²) < 4.78 is 5.08. The van der Waals surface area contributed by atoms with E-state index in [4.69, 9.17) is 4.74 Å². The number of nitrogens with zero attached hydrogens (tertiary/aromatic N) is 1. The molecule has 5 nitrogen and oxygen atoms in total. The number of anilines is 1. The first-order valence-electron chi connectivity index (χ1n) is 5.17. The second kappa shape index (κ2) is 4.83. The molecule has 0 aromatic carbocycles. The maximum absolute atomic E-state index is 11.5. The van der Waals surface area contributed by atoms with Crippen LogP contribution < -0.4 is 5.32 Å². The van der Waals surface area contributed by atoms with Crippen molar-refractivity contribution in [3.63, 3.8) is 0 Å². The van der Waals surface area contributed by atoms with Crippen molar-refractivity contribution in [1.29, 1.82) is 0 Å². The predicted molar refractivity (Wildman–Crippen MR) is 66.7 cm³/mol. The lowest BCUT2D eigenvalue weighted by atomic mass is 10.2. The fourth-order valence-electron chi connectivity index (χ4n) is 1.17. The number of amides is 1. The number of ketones is 1. The number of carbonyl (C=O) groups excluding carboxylic acids is 2. The van der Waals surface area contributed by atoms with Gasteiger partial charge >= 0.3 is 6.09 Å². The van der Waals surface area contributed by atoms with E-state index in [1.165, 1.54) is 6.92 Å². The van der Waals surface area contributed by atoms with Crippen molar-refractivity contribution in [2.45, 2.75) is 40.2 Å². The van der Waals surface area contributed by atoms with Crippen LogP contribution in [0, 0.1) is 6.92 Å². The number of carbonyl (C=O) groups is 2. The Morgan fingerprint density at radius 1 is 1.35 bits per heavy atom. The van der Waals surface area contributed by atoms with Crippen LogP contribution in [0.1, 0.15) is 43.1 Å². The van der Waals surface area contributed by atoms with E-state index in [2.05, 4.69) is 10.3 Å². The standard InChI is InChI=1S/C11H16N2O3S/c1-6-8(7(2)14)17-9(12-6)13-10(15)16-11(3,4)5/h1-5H3,(H,12,13,15). The number of Topliss-reactive ketones (excluding diaryl/α,β-unsaturated/α-hetero) is 1. The molecule has 17 heavy (non-hydrogen) atoms. The molecular weight excluding hydrogens is 240 g/mol. The molecule has 0 aliphatic rings. The number of hydrogen-bond acceptors (Lipinski definition) is 5. The summed E-state index contributed by atoms with van der Waals surface area (Å²) in [6.45, 7) is 8.54. The summed E-state index contributed by atoms with van der Waals surface area (Å²) in [7, 11) is 0. The van der Waals surface area contributed by atoms with Crippen LogP contribution in [0.25, 0.3) is 0 Å². The molecule has 0 radical (unpaired) electrons. The number of aryl methyl sites for hydroxylation is 1. The van der Waals surface area contributed by atoms with Crippen molar-refractivity contribution >= 4 is 28.3 Å². The summed E-state index contributed by atoms with van der Waals surface area (Å²) in [5.41, 5.74) is 0.0633. The molecule has 0 saturated carbocycles. The number of hydrogen-bond donors (Lipinski definition) is 1. The van der Waals surface area contributed by atoms with Gasteiger partial charge in [-0.1, -0.05) is 11.3 Å². The molecule has 0 fully saturated rings. The highest BCUT2D eigenvalue weighted by Crippen LogP contribution is 2.23. The van der Waals surface area contributed by atoms with E-state index < -0.39 is 11.7 Å².